The van der Waals surface area contributed by atoms with Crippen molar-refractivity contribution in [2.75, 3.05) is 11.9 Å². The number of hydrogen-bond donors (Lipinski definition) is 1. The second kappa shape index (κ2) is 6.59. The Balaban J connectivity index is 1.66. The number of rotatable bonds is 6. The highest BCUT2D eigenvalue weighted by molar-refractivity contribution is 7.16. The first-order valence-electron chi connectivity index (χ1n) is 7.14. The molecule has 0 unspecified atom stereocenters. The summed E-state index contributed by atoms with van der Waals surface area (Å²) in [7, 11) is 0. The monoisotopic (exact) mass is 298 g/mol. The van der Waals surface area contributed by atoms with Crippen LogP contribution in [-0.2, 0) is 6.54 Å². The summed E-state index contributed by atoms with van der Waals surface area (Å²) >= 11 is 1.66. The normalized spacial score (nSPS) is 10.7. The minimum atomic E-state index is 0.763. The van der Waals surface area contributed by atoms with E-state index in [1.165, 1.54) is 10.3 Å². The number of fused-ring (bicyclic) bond motifs is 1. The van der Waals surface area contributed by atoms with Gasteiger partial charge in [-0.1, -0.05) is 19.1 Å². The number of ether oxygens (including phenoxy) is 1. The summed E-state index contributed by atoms with van der Waals surface area (Å²) in [5, 5.41) is 3.45. The zero-order chi connectivity index (χ0) is 14.5. The Bertz CT molecular complexity index is 723. The first kappa shape index (κ1) is 13.9. The maximum Gasteiger partial charge on any atom is 0.119 e. The fourth-order valence-corrected chi connectivity index (χ4v) is 2.85. The number of nitrogens with one attached hydrogen (secondary N) is 1. The van der Waals surface area contributed by atoms with Crippen LogP contribution in [-0.4, -0.2) is 11.6 Å². The molecule has 1 N–H and O–H groups in total. The van der Waals surface area contributed by atoms with Crippen molar-refractivity contribution in [1.82, 2.24) is 4.98 Å². The molecule has 0 saturated heterocycles. The van der Waals surface area contributed by atoms with Crippen molar-refractivity contribution in [2.24, 2.45) is 0 Å². The lowest BCUT2D eigenvalue weighted by Crippen LogP contribution is -2.00. The van der Waals surface area contributed by atoms with Crippen molar-refractivity contribution in [2.45, 2.75) is 19.9 Å². The smallest absolute Gasteiger partial charge is 0.119 e. The molecule has 108 valence electrons. The summed E-state index contributed by atoms with van der Waals surface area (Å²) in [6.07, 6.45) is 1.03. The standard InChI is InChI=1S/C17H18N2OS/c1-2-8-20-15-5-3-4-13(9-15)11-18-14-6-7-16-17(10-14)21-12-19-16/h3-7,9-10,12,18H,2,8,11H2,1H3. The number of benzene rings is 2. The molecule has 0 fully saturated rings. The molecule has 3 nitrogen and oxygen atoms in total. The molecule has 1 heterocycles. The molecule has 4 heteroatoms. The van der Waals surface area contributed by atoms with E-state index in [4.69, 9.17) is 4.74 Å². The molecule has 2 aromatic carbocycles. The van der Waals surface area contributed by atoms with Crippen LogP contribution in [0.5, 0.6) is 5.75 Å². The van der Waals surface area contributed by atoms with Gasteiger partial charge in [0.2, 0.25) is 0 Å². The van der Waals surface area contributed by atoms with E-state index in [1.54, 1.807) is 11.3 Å². The highest BCUT2D eigenvalue weighted by Crippen LogP contribution is 2.22. The maximum absolute atomic E-state index is 5.66. The van der Waals surface area contributed by atoms with E-state index in [0.717, 1.165) is 36.5 Å². The van der Waals surface area contributed by atoms with Crippen molar-refractivity contribution in [3.63, 3.8) is 0 Å². The summed E-state index contributed by atoms with van der Waals surface area (Å²) in [4.78, 5) is 4.29. The van der Waals surface area contributed by atoms with Gasteiger partial charge in [-0.25, -0.2) is 4.98 Å². The SMILES string of the molecule is CCCOc1cccc(CNc2ccc3ncsc3c2)c1. The Morgan fingerprint density at radius 1 is 1.19 bits per heavy atom. The van der Waals surface area contributed by atoms with E-state index in [-0.39, 0.29) is 0 Å². The van der Waals surface area contributed by atoms with Crippen LogP contribution in [0.15, 0.2) is 48.0 Å². The summed E-state index contributed by atoms with van der Waals surface area (Å²) in [6, 6.07) is 14.5. The van der Waals surface area contributed by atoms with Crippen molar-refractivity contribution < 1.29 is 4.74 Å². The number of thiazole rings is 1. The van der Waals surface area contributed by atoms with Gasteiger partial charge in [0.1, 0.15) is 5.75 Å². The van der Waals surface area contributed by atoms with E-state index in [2.05, 4.69) is 47.6 Å². The van der Waals surface area contributed by atoms with Crippen LogP contribution in [0, 0.1) is 0 Å². The molecular weight excluding hydrogens is 280 g/mol. The van der Waals surface area contributed by atoms with Gasteiger partial charge >= 0.3 is 0 Å². The number of nitrogens with zero attached hydrogens (tertiary/aromatic N) is 1. The van der Waals surface area contributed by atoms with Crippen molar-refractivity contribution in [1.29, 1.82) is 0 Å². The third-order valence-corrected chi connectivity index (χ3v) is 3.99. The van der Waals surface area contributed by atoms with Crippen molar-refractivity contribution in [3.05, 3.63) is 53.5 Å². The van der Waals surface area contributed by atoms with Gasteiger partial charge in [-0.2, -0.15) is 0 Å². The molecule has 21 heavy (non-hydrogen) atoms. The fraction of sp³-hybridized carbons (Fsp3) is 0.235. The van der Waals surface area contributed by atoms with Crippen molar-refractivity contribution in [3.8, 4) is 5.75 Å². The second-order valence-corrected chi connectivity index (χ2v) is 5.77. The topological polar surface area (TPSA) is 34.1 Å². The summed E-state index contributed by atoms with van der Waals surface area (Å²) in [5.74, 6) is 0.939. The molecule has 0 saturated carbocycles. The summed E-state index contributed by atoms with van der Waals surface area (Å²) < 4.78 is 6.87. The maximum atomic E-state index is 5.66. The van der Waals surface area contributed by atoms with Crippen molar-refractivity contribution >= 4 is 27.2 Å². The highest BCUT2D eigenvalue weighted by Gasteiger charge is 2.00. The van der Waals surface area contributed by atoms with Crippen LogP contribution in [0.3, 0.4) is 0 Å². The average Bonchev–Trinajstić information content (AvgIpc) is 2.99. The average molecular weight is 298 g/mol. The largest absolute Gasteiger partial charge is 0.494 e. The third kappa shape index (κ3) is 3.52. The number of anilines is 1. The van der Waals surface area contributed by atoms with E-state index in [0.29, 0.717) is 0 Å². The molecule has 3 aromatic rings. The lowest BCUT2D eigenvalue weighted by atomic mass is 10.2. The molecule has 3 rings (SSSR count). The predicted octanol–water partition coefficient (Wildman–Crippen LogP) is 4.70. The lowest BCUT2D eigenvalue weighted by molar-refractivity contribution is 0.317. The molecule has 0 aliphatic carbocycles. The van der Waals surface area contributed by atoms with Crippen LogP contribution in [0.25, 0.3) is 10.2 Å². The molecule has 1 aromatic heterocycles. The van der Waals surface area contributed by atoms with Gasteiger partial charge in [0, 0.05) is 12.2 Å². The van der Waals surface area contributed by atoms with E-state index < -0.39 is 0 Å². The van der Waals surface area contributed by atoms with Crippen LogP contribution in [0.4, 0.5) is 5.69 Å². The Kier molecular flexibility index (Phi) is 4.36. The lowest BCUT2D eigenvalue weighted by Gasteiger charge is -2.09. The fourth-order valence-electron chi connectivity index (χ4n) is 2.13. The molecule has 0 bridgehead atoms. The van der Waals surface area contributed by atoms with Crippen LogP contribution < -0.4 is 10.1 Å². The van der Waals surface area contributed by atoms with Crippen LogP contribution in [0.2, 0.25) is 0 Å². The second-order valence-electron chi connectivity index (χ2n) is 4.88. The summed E-state index contributed by atoms with van der Waals surface area (Å²) in [6.45, 7) is 3.66. The number of hydrogen-bond acceptors (Lipinski definition) is 4. The Hall–Kier alpha value is -2.07. The molecule has 0 aliphatic heterocycles. The van der Waals surface area contributed by atoms with Gasteiger partial charge in [-0.05, 0) is 42.3 Å². The van der Waals surface area contributed by atoms with Gasteiger partial charge < -0.3 is 10.1 Å². The third-order valence-electron chi connectivity index (χ3n) is 3.20. The zero-order valence-corrected chi connectivity index (χ0v) is 12.8. The van der Waals surface area contributed by atoms with E-state index >= 15 is 0 Å². The first-order chi connectivity index (χ1) is 10.3. The number of aromatic nitrogens is 1. The first-order valence-corrected chi connectivity index (χ1v) is 8.02. The van der Waals surface area contributed by atoms with Crippen LogP contribution >= 0.6 is 11.3 Å². The van der Waals surface area contributed by atoms with Gasteiger partial charge in [0.05, 0.1) is 22.3 Å². The van der Waals surface area contributed by atoms with Gasteiger partial charge in [-0.3, -0.25) is 0 Å². The highest BCUT2D eigenvalue weighted by atomic mass is 32.1. The van der Waals surface area contributed by atoms with Gasteiger partial charge in [-0.15, -0.1) is 11.3 Å². The quantitative estimate of drug-likeness (QED) is 0.716. The molecule has 0 radical (unpaired) electrons. The minimum absolute atomic E-state index is 0.763. The van der Waals surface area contributed by atoms with Crippen LogP contribution in [0.1, 0.15) is 18.9 Å². The molecule has 0 spiro atoms. The predicted molar refractivity (Wildman–Crippen MR) is 89.2 cm³/mol. The molecule has 0 aliphatic rings. The van der Waals surface area contributed by atoms with E-state index in [9.17, 15) is 0 Å². The zero-order valence-electron chi connectivity index (χ0n) is 12.0. The Morgan fingerprint density at radius 2 is 2.14 bits per heavy atom. The molecular formula is C17H18N2OS. The molecule has 0 atom stereocenters. The Morgan fingerprint density at radius 3 is 3.05 bits per heavy atom. The molecule has 0 amide bonds. The minimum Gasteiger partial charge on any atom is -0.494 e. The van der Waals surface area contributed by atoms with Gasteiger partial charge in [0.15, 0.2) is 0 Å². The van der Waals surface area contributed by atoms with Gasteiger partial charge in [0.25, 0.3) is 0 Å². The summed E-state index contributed by atoms with van der Waals surface area (Å²) in [5.41, 5.74) is 5.27. The Labute approximate surface area is 128 Å². The van der Waals surface area contributed by atoms with E-state index in [1.807, 2.05) is 17.6 Å².